The molecule has 13 atom stereocenters. The molecule has 0 amide bonds. The number of rotatable bonds is 12. The maximum absolute atomic E-state index is 12.5. The van der Waals surface area contributed by atoms with Gasteiger partial charge in [0.2, 0.25) is 0 Å². The lowest BCUT2D eigenvalue weighted by Crippen LogP contribution is -2.57. The predicted molar refractivity (Wildman–Crippen MR) is 114 cm³/mol. The summed E-state index contributed by atoms with van der Waals surface area (Å²) in [6.07, 6.45) is -40.4. The van der Waals surface area contributed by atoms with Crippen molar-refractivity contribution in [2.45, 2.75) is 79.4 Å². The topological polar surface area (TPSA) is 423 Å². The molecule has 1 heterocycles. The molecule has 1 rings (SSSR count). The normalized spacial score (nSPS) is 30.2. The van der Waals surface area contributed by atoms with Crippen molar-refractivity contribution in [1.29, 1.82) is 0 Å². The van der Waals surface area contributed by atoms with Gasteiger partial charge in [0.1, 0.15) is 36.6 Å². The molecule has 0 aromatic heterocycles. The van der Waals surface area contributed by atoms with Crippen molar-refractivity contribution in [2.24, 2.45) is 0 Å². The summed E-state index contributed by atoms with van der Waals surface area (Å²) < 4.78 is 16.8. The molecule has 43 heavy (non-hydrogen) atoms. The first kappa shape index (κ1) is 37.4. The van der Waals surface area contributed by atoms with Crippen LogP contribution in [0, 0.1) is 0 Å². The van der Waals surface area contributed by atoms with Crippen LogP contribution in [0.4, 0.5) is 0 Å². The van der Waals surface area contributed by atoms with E-state index in [1.807, 2.05) is 0 Å². The van der Waals surface area contributed by atoms with Gasteiger partial charge in [0.05, 0.1) is 0 Å². The Morgan fingerprint density at radius 2 is 0.814 bits per heavy atom. The van der Waals surface area contributed by atoms with Gasteiger partial charge in [-0.05, 0) is 0 Å². The molecule has 0 aromatic rings. The highest BCUT2D eigenvalue weighted by molar-refractivity contribution is 5.82. The zero-order valence-electron chi connectivity index (χ0n) is 20.8. The first-order chi connectivity index (χ1) is 19.6. The van der Waals surface area contributed by atoms with E-state index in [-0.39, 0.29) is 0 Å². The van der Waals surface area contributed by atoms with Crippen LogP contribution in [0.5, 0.6) is 0 Å². The van der Waals surface area contributed by atoms with Crippen LogP contribution in [0.2, 0.25) is 0 Å². The number of carboxylic acid groups (broad SMARTS) is 2. The highest BCUT2D eigenvalue weighted by Crippen LogP contribution is 2.26. The second kappa shape index (κ2) is 14.7. The van der Waals surface area contributed by atoms with Gasteiger partial charge < -0.3 is 90.4 Å². The number of cyclic esters (lactones) is 2. The quantitative estimate of drug-likeness (QED) is 0.0696. The summed E-state index contributed by atoms with van der Waals surface area (Å²) in [5.41, 5.74) is 0. The summed E-state index contributed by atoms with van der Waals surface area (Å²) in [6.45, 7) is 0. The minimum atomic E-state index is -4.57. The lowest BCUT2D eigenvalue weighted by Gasteiger charge is -2.32. The number of carbonyl (C=O) groups excluding carboxylic acids is 4. The number of esters is 4. The molecule has 1 saturated heterocycles. The number of aliphatic hydroxyl groups excluding tert-OH is 12. The molecule has 0 bridgehead atoms. The van der Waals surface area contributed by atoms with Gasteiger partial charge in [-0.3, -0.25) is 0 Å². The molecule has 1 unspecified atom stereocenters. The first-order valence-electron chi connectivity index (χ1n) is 11.1. The van der Waals surface area contributed by atoms with E-state index < -0.39 is 115 Å². The summed E-state index contributed by atoms with van der Waals surface area (Å²) in [4.78, 5) is 71.2. The van der Waals surface area contributed by atoms with E-state index in [1.54, 1.807) is 0 Å². The standard InChI is InChI=1S/C19H26O24/c20-1(7(26)13(32)33)3(22)9(28)15(36)40-19(41-16(37)10(29)4(23)2(21)8(27)14(34)35)42-17(38)11(30)5(24)6(25)12(31)18(39)43-19/h1-12,20-31H,(H,32,33)(H,34,35)/t1-,2-,3+,4+,5-,6+,7-,8+,9-,10+,11-,12+,19?/m1/s1. The Labute approximate surface area is 235 Å². The molecule has 1 aliphatic heterocycles. The number of aliphatic hydroxyl groups is 12. The monoisotopic (exact) mass is 638 g/mol. The third kappa shape index (κ3) is 8.69. The van der Waals surface area contributed by atoms with Crippen LogP contribution in [0.15, 0.2) is 0 Å². The zero-order valence-corrected chi connectivity index (χ0v) is 20.8. The van der Waals surface area contributed by atoms with Gasteiger partial charge in [0, 0.05) is 0 Å². The van der Waals surface area contributed by atoms with E-state index in [2.05, 4.69) is 18.9 Å². The summed E-state index contributed by atoms with van der Waals surface area (Å²) in [6, 6.07) is 0. The van der Waals surface area contributed by atoms with Gasteiger partial charge in [-0.15, -0.1) is 0 Å². The van der Waals surface area contributed by atoms with Crippen molar-refractivity contribution >= 4 is 35.8 Å². The molecule has 1 aliphatic rings. The van der Waals surface area contributed by atoms with Gasteiger partial charge in [0.25, 0.3) is 0 Å². The molecule has 1 fully saturated rings. The Kier molecular flexibility index (Phi) is 12.8. The Bertz CT molecular complexity index is 977. The maximum Gasteiger partial charge on any atom is 0.620 e. The van der Waals surface area contributed by atoms with Gasteiger partial charge in [0.15, 0.2) is 36.6 Å². The van der Waals surface area contributed by atoms with Crippen LogP contribution in [0.25, 0.3) is 0 Å². The highest BCUT2D eigenvalue weighted by Gasteiger charge is 2.57. The molecule has 0 aromatic carbocycles. The largest absolute Gasteiger partial charge is 0.620 e. The Hall–Kier alpha value is -3.66. The molecule has 246 valence electrons. The van der Waals surface area contributed by atoms with E-state index in [1.165, 1.54) is 0 Å². The number of aliphatic carboxylic acids is 2. The molecular formula is C19H26O24. The SMILES string of the molecule is O=C(O)[C@@H](O)[C@H](O)[C@H](O)[C@H](O)C(=O)OC1(OC(=O)[C@H](O)[C@@H](O)[C@@H](O)[C@@H](O)C(=O)O)OC(=O)[C@@H](O)[C@@H](O)[C@@H](O)[C@@H](O)C(=O)O1. The smallest absolute Gasteiger partial charge is 0.479 e. The molecule has 24 nitrogen and oxygen atoms in total. The maximum atomic E-state index is 12.5. The number of hydrogen-bond donors (Lipinski definition) is 14. The lowest BCUT2D eigenvalue weighted by molar-refractivity contribution is -0.437. The Morgan fingerprint density at radius 3 is 1.07 bits per heavy atom. The summed E-state index contributed by atoms with van der Waals surface area (Å²) in [5, 5.41) is 134. The minimum absolute atomic E-state index is 2.21. The van der Waals surface area contributed by atoms with Gasteiger partial charge in [-0.25, -0.2) is 28.8 Å². The fourth-order valence-electron chi connectivity index (χ4n) is 2.83. The van der Waals surface area contributed by atoms with Crippen LogP contribution in [0.3, 0.4) is 0 Å². The van der Waals surface area contributed by atoms with E-state index in [0.29, 0.717) is 0 Å². The van der Waals surface area contributed by atoms with Crippen molar-refractivity contribution < 1.29 is 119 Å². The number of carbonyl (C=O) groups is 6. The fourth-order valence-corrected chi connectivity index (χ4v) is 2.83. The zero-order chi connectivity index (χ0) is 33.7. The van der Waals surface area contributed by atoms with Crippen LogP contribution in [-0.4, -0.2) is 187 Å². The van der Waals surface area contributed by atoms with Crippen LogP contribution >= 0.6 is 0 Å². The minimum Gasteiger partial charge on any atom is -0.479 e. The molecule has 0 radical (unpaired) electrons. The van der Waals surface area contributed by atoms with Gasteiger partial charge in [-0.2, -0.15) is 0 Å². The van der Waals surface area contributed by atoms with Crippen LogP contribution in [0.1, 0.15) is 0 Å². The molecule has 24 heteroatoms. The number of carboxylic acids is 2. The number of hydrogen-bond acceptors (Lipinski definition) is 22. The van der Waals surface area contributed by atoms with Crippen LogP contribution in [-0.2, 0) is 47.7 Å². The summed E-state index contributed by atoms with van der Waals surface area (Å²) >= 11 is 0. The lowest BCUT2D eigenvalue weighted by atomic mass is 10.0. The average Bonchev–Trinajstić information content (AvgIpc) is 2.96. The van der Waals surface area contributed by atoms with E-state index in [9.17, 15) is 90.0 Å². The van der Waals surface area contributed by atoms with E-state index in [4.69, 9.17) is 10.2 Å². The molecule has 0 aliphatic carbocycles. The van der Waals surface area contributed by atoms with Gasteiger partial charge in [-0.1, -0.05) is 0 Å². The Morgan fingerprint density at radius 1 is 0.558 bits per heavy atom. The fraction of sp³-hybridized carbons (Fsp3) is 0.684. The molecule has 14 N–H and O–H groups in total. The van der Waals surface area contributed by atoms with Crippen molar-refractivity contribution in [3.63, 3.8) is 0 Å². The third-order valence-corrected chi connectivity index (χ3v) is 5.37. The second-order valence-corrected chi connectivity index (χ2v) is 8.47. The summed E-state index contributed by atoms with van der Waals surface area (Å²) in [5.74, 6) is -14.3. The molecule has 0 spiro atoms. The highest BCUT2D eigenvalue weighted by atomic mass is 17.0. The molecular weight excluding hydrogens is 612 g/mol. The number of ether oxygens (including phenoxy) is 4. The Balaban J connectivity index is 3.57. The first-order valence-corrected chi connectivity index (χ1v) is 11.1. The summed E-state index contributed by atoms with van der Waals surface area (Å²) in [7, 11) is 0. The van der Waals surface area contributed by atoms with Crippen molar-refractivity contribution in [2.75, 3.05) is 0 Å². The molecule has 0 saturated carbocycles. The van der Waals surface area contributed by atoms with Crippen LogP contribution < -0.4 is 0 Å². The third-order valence-electron chi connectivity index (χ3n) is 5.37. The van der Waals surface area contributed by atoms with Gasteiger partial charge >= 0.3 is 42.0 Å². The second-order valence-electron chi connectivity index (χ2n) is 8.47. The van der Waals surface area contributed by atoms with E-state index >= 15 is 0 Å². The van der Waals surface area contributed by atoms with Crippen molar-refractivity contribution in [1.82, 2.24) is 0 Å². The van der Waals surface area contributed by atoms with Crippen molar-refractivity contribution in [3.8, 4) is 0 Å². The average molecular weight is 638 g/mol. The van der Waals surface area contributed by atoms with E-state index in [0.717, 1.165) is 0 Å². The van der Waals surface area contributed by atoms with Crippen molar-refractivity contribution in [3.05, 3.63) is 0 Å². The predicted octanol–water partition coefficient (Wildman–Crippen LogP) is -10.7.